The summed E-state index contributed by atoms with van der Waals surface area (Å²) in [5, 5.41) is 16.3. The molecule has 0 bridgehead atoms. The number of nitrogens with zero attached hydrogens (tertiary/aromatic N) is 6. The lowest BCUT2D eigenvalue weighted by Gasteiger charge is -2.08. The van der Waals surface area contributed by atoms with Crippen molar-refractivity contribution in [2.75, 3.05) is 0 Å². The first-order valence-electron chi connectivity index (χ1n) is 8.79. The first-order valence-corrected chi connectivity index (χ1v) is 9.67. The molecule has 0 aliphatic carbocycles. The van der Waals surface area contributed by atoms with E-state index in [-0.39, 0.29) is 12.2 Å². The quantitative estimate of drug-likeness (QED) is 0.441. The number of benzene rings is 1. The summed E-state index contributed by atoms with van der Waals surface area (Å²) < 4.78 is 3.64. The van der Waals surface area contributed by atoms with Gasteiger partial charge in [0.05, 0.1) is 23.7 Å². The summed E-state index contributed by atoms with van der Waals surface area (Å²) >= 11 is 1.50. The van der Waals surface area contributed by atoms with Crippen LogP contribution >= 0.6 is 11.3 Å². The number of carbonyl (C=O) groups is 1. The van der Waals surface area contributed by atoms with E-state index in [1.807, 2.05) is 60.7 Å². The van der Waals surface area contributed by atoms with Crippen LogP contribution in [0.1, 0.15) is 21.1 Å². The molecular formula is C20H16N6OS. The van der Waals surface area contributed by atoms with Crippen LogP contribution in [0.15, 0.2) is 48.4 Å². The Balaban J connectivity index is 1.66. The molecule has 28 heavy (non-hydrogen) atoms. The Labute approximate surface area is 164 Å². The van der Waals surface area contributed by atoms with Gasteiger partial charge in [-0.15, -0.1) is 21.5 Å². The van der Waals surface area contributed by atoms with Crippen LogP contribution in [0.25, 0.3) is 27.7 Å². The van der Waals surface area contributed by atoms with Crippen LogP contribution in [-0.2, 0) is 13.5 Å². The van der Waals surface area contributed by atoms with Gasteiger partial charge in [-0.2, -0.15) is 5.10 Å². The number of aryl methyl sites for hydroxylation is 2. The van der Waals surface area contributed by atoms with Crippen molar-refractivity contribution in [3.05, 3.63) is 64.6 Å². The maximum Gasteiger partial charge on any atom is 0.173 e. The van der Waals surface area contributed by atoms with E-state index < -0.39 is 0 Å². The third-order valence-corrected chi connectivity index (χ3v) is 5.74. The molecule has 5 rings (SSSR count). The molecular weight excluding hydrogens is 372 g/mol. The van der Waals surface area contributed by atoms with E-state index in [1.54, 1.807) is 10.7 Å². The molecule has 8 heteroatoms. The molecule has 0 fully saturated rings. The molecule has 0 N–H and O–H groups in total. The minimum Gasteiger partial charge on any atom is -0.294 e. The van der Waals surface area contributed by atoms with E-state index in [0.29, 0.717) is 11.2 Å². The number of carbonyl (C=O) groups excluding carboxylic acids is 1. The van der Waals surface area contributed by atoms with Crippen LogP contribution < -0.4 is 0 Å². The molecule has 0 unspecified atom stereocenters. The highest BCUT2D eigenvalue weighted by Gasteiger charge is 2.18. The second-order valence-corrected chi connectivity index (χ2v) is 7.64. The largest absolute Gasteiger partial charge is 0.294 e. The number of pyridine rings is 1. The number of ketones is 1. The number of fused-ring (bicyclic) bond motifs is 2. The molecule has 0 saturated heterocycles. The highest BCUT2D eigenvalue weighted by Crippen LogP contribution is 2.30. The number of hydrogen-bond donors (Lipinski definition) is 0. The standard InChI is InChI=1S/C20H16N6OS/c1-12-10-28-19(23-12)7-18(27)15-6-13(9-26-11-21-24-20(15)26)14-4-3-5-17-16(14)8-22-25(17)2/h3-6,8-11H,7H2,1-2H3. The Kier molecular flexibility index (Phi) is 3.80. The molecule has 0 saturated carbocycles. The Morgan fingerprint density at radius 1 is 1.29 bits per heavy atom. The molecule has 7 nitrogen and oxygen atoms in total. The fourth-order valence-corrected chi connectivity index (χ4v) is 4.21. The number of Topliss-reactive ketones (excluding diaryl/α,β-unsaturated/α-hetero) is 1. The summed E-state index contributed by atoms with van der Waals surface area (Å²) in [6.07, 6.45) is 5.66. The highest BCUT2D eigenvalue weighted by atomic mass is 32.1. The molecule has 0 aliphatic heterocycles. The first kappa shape index (κ1) is 16.8. The van der Waals surface area contributed by atoms with E-state index in [4.69, 9.17) is 0 Å². The Bertz CT molecular complexity index is 1350. The molecule has 0 atom stereocenters. The van der Waals surface area contributed by atoms with E-state index in [0.717, 1.165) is 32.7 Å². The smallest absolute Gasteiger partial charge is 0.173 e. The molecule has 4 heterocycles. The average molecular weight is 388 g/mol. The van der Waals surface area contributed by atoms with Crippen molar-refractivity contribution in [1.29, 1.82) is 0 Å². The van der Waals surface area contributed by atoms with Crippen molar-refractivity contribution in [3.63, 3.8) is 0 Å². The maximum absolute atomic E-state index is 13.1. The van der Waals surface area contributed by atoms with Crippen molar-refractivity contribution in [2.45, 2.75) is 13.3 Å². The van der Waals surface area contributed by atoms with E-state index in [9.17, 15) is 4.79 Å². The zero-order valence-corrected chi connectivity index (χ0v) is 16.1. The van der Waals surface area contributed by atoms with E-state index >= 15 is 0 Å². The summed E-state index contributed by atoms with van der Waals surface area (Å²) in [5.41, 5.74) is 5.00. The predicted molar refractivity (Wildman–Crippen MR) is 108 cm³/mol. The van der Waals surface area contributed by atoms with E-state index in [2.05, 4.69) is 20.3 Å². The van der Waals surface area contributed by atoms with Crippen LogP contribution in [-0.4, -0.2) is 35.1 Å². The van der Waals surface area contributed by atoms with Crippen LogP contribution in [0.2, 0.25) is 0 Å². The van der Waals surface area contributed by atoms with Gasteiger partial charge in [0.25, 0.3) is 0 Å². The zero-order valence-electron chi connectivity index (χ0n) is 15.3. The first-order chi connectivity index (χ1) is 13.6. The van der Waals surface area contributed by atoms with Gasteiger partial charge in [0.2, 0.25) is 0 Å². The highest BCUT2D eigenvalue weighted by molar-refractivity contribution is 7.09. The molecule has 0 spiro atoms. The summed E-state index contributed by atoms with van der Waals surface area (Å²) in [6, 6.07) is 7.96. The van der Waals surface area contributed by atoms with Crippen molar-refractivity contribution < 1.29 is 4.79 Å². The van der Waals surface area contributed by atoms with Crippen LogP contribution in [0.3, 0.4) is 0 Å². The van der Waals surface area contributed by atoms with Crippen molar-refractivity contribution in [2.24, 2.45) is 7.05 Å². The third-order valence-electron chi connectivity index (χ3n) is 4.77. The number of hydrogen-bond acceptors (Lipinski definition) is 6. The van der Waals surface area contributed by atoms with Gasteiger partial charge < -0.3 is 0 Å². The molecule has 0 aliphatic rings. The fourth-order valence-electron chi connectivity index (χ4n) is 3.44. The number of rotatable bonds is 4. The number of thiazole rings is 1. The van der Waals surface area contributed by atoms with Crippen molar-refractivity contribution in [1.82, 2.24) is 29.4 Å². The molecule has 1 aromatic carbocycles. The van der Waals surface area contributed by atoms with E-state index in [1.165, 1.54) is 11.3 Å². The molecule has 138 valence electrons. The van der Waals surface area contributed by atoms with Crippen molar-refractivity contribution in [3.8, 4) is 11.1 Å². The second-order valence-electron chi connectivity index (χ2n) is 6.69. The maximum atomic E-state index is 13.1. The number of aromatic nitrogens is 6. The lowest BCUT2D eigenvalue weighted by atomic mass is 10.00. The van der Waals surface area contributed by atoms with Gasteiger partial charge in [-0.1, -0.05) is 12.1 Å². The zero-order chi connectivity index (χ0) is 19.3. The Morgan fingerprint density at radius 2 is 2.18 bits per heavy atom. The fraction of sp³-hybridized carbons (Fsp3) is 0.150. The van der Waals surface area contributed by atoms with Gasteiger partial charge in [0.1, 0.15) is 11.3 Å². The van der Waals surface area contributed by atoms with Gasteiger partial charge in [0, 0.05) is 29.7 Å². The second kappa shape index (κ2) is 6.35. The molecule has 0 amide bonds. The Morgan fingerprint density at radius 3 is 3.00 bits per heavy atom. The minimum absolute atomic E-state index is 0.0208. The minimum atomic E-state index is -0.0208. The molecule has 4 aromatic heterocycles. The van der Waals surface area contributed by atoms with Gasteiger partial charge in [-0.05, 0) is 30.2 Å². The molecule has 0 radical (unpaired) electrons. The van der Waals surface area contributed by atoms with Crippen molar-refractivity contribution >= 4 is 33.7 Å². The summed E-state index contributed by atoms with van der Waals surface area (Å²) in [7, 11) is 1.92. The molecule has 5 aromatic rings. The van der Waals surface area contributed by atoms with Gasteiger partial charge in [0.15, 0.2) is 11.4 Å². The average Bonchev–Trinajstić information content (AvgIpc) is 3.41. The third kappa shape index (κ3) is 2.69. The predicted octanol–water partition coefficient (Wildman–Crippen LogP) is 3.47. The lowest BCUT2D eigenvalue weighted by molar-refractivity contribution is 0.0994. The summed E-state index contributed by atoms with van der Waals surface area (Å²) in [6.45, 7) is 1.93. The van der Waals surface area contributed by atoms with Gasteiger partial charge in [-0.25, -0.2) is 4.98 Å². The van der Waals surface area contributed by atoms with Crippen LogP contribution in [0.4, 0.5) is 0 Å². The Hall–Kier alpha value is -3.39. The SMILES string of the molecule is Cc1csc(CC(=O)c2cc(-c3cccc4c3cnn4C)cn3cnnc23)n1. The lowest BCUT2D eigenvalue weighted by Crippen LogP contribution is -2.07. The summed E-state index contributed by atoms with van der Waals surface area (Å²) in [5.74, 6) is -0.0208. The monoisotopic (exact) mass is 388 g/mol. The topological polar surface area (TPSA) is 78.0 Å². The van der Waals surface area contributed by atoms with Gasteiger partial charge >= 0.3 is 0 Å². The van der Waals surface area contributed by atoms with Crippen LogP contribution in [0.5, 0.6) is 0 Å². The van der Waals surface area contributed by atoms with Crippen LogP contribution in [0, 0.1) is 6.92 Å². The summed E-state index contributed by atoms with van der Waals surface area (Å²) in [4.78, 5) is 17.5. The van der Waals surface area contributed by atoms with Gasteiger partial charge in [-0.3, -0.25) is 13.9 Å². The normalized spacial score (nSPS) is 11.5.